The van der Waals surface area contributed by atoms with Crippen molar-refractivity contribution in [1.82, 2.24) is 4.90 Å². The quantitative estimate of drug-likeness (QED) is 0.494. The monoisotopic (exact) mass is 474 g/mol. The zero-order valence-corrected chi connectivity index (χ0v) is 20.2. The van der Waals surface area contributed by atoms with Crippen molar-refractivity contribution in [2.24, 2.45) is 5.92 Å². The normalized spacial score (nSPS) is 19.1. The fourth-order valence-electron chi connectivity index (χ4n) is 4.94. The molecule has 1 saturated carbocycles. The molecule has 1 saturated heterocycles. The Bertz CT molecular complexity index is 918. The molecular weight excluding hydrogens is 443 g/mol. The Morgan fingerprint density at radius 1 is 1.09 bits per heavy atom. The van der Waals surface area contributed by atoms with Crippen LogP contribution in [-0.2, 0) is 10.2 Å². The van der Waals surface area contributed by atoms with Crippen molar-refractivity contribution in [3.8, 4) is 5.75 Å². The molecule has 1 aliphatic carbocycles. The SMILES string of the molecule is CC1CCN(CCOc2ccc(NC(=O)C3(c4ccc(Cl)cc4Cl)CCCC3)cc2)CC1. The summed E-state index contributed by atoms with van der Waals surface area (Å²) in [7, 11) is 0. The van der Waals surface area contributed by atoms with Crippen molar-refractivity contribution in [1.29, 1.82) is 0 Å². The molecule has 0 aromatic heterocycles. The highest BCUT2D eigenvalue weighted by molar-refractivity contribution is 6.35. The van der Waals surface area contributed by atoms with Crippen molar-refractivity contribution < 1.29 is 9.53 Å². The lowest BCUT2D eigenvalue weighted by Gasteiger charge is -2.30. The van der Waals surface area contributed by atoms with E-state index in [4.69, 9.17) is 27.9 Å². The maximum atomic E-state index is 13.4. The molecule has 6 heteroatoms. The zero-order chi connectivity index (χ0) is 22.6. The largest absolute Gasteiger partial charge is 0.492 e. The number of benzene rings is 2. The van der Waals surface area contributed by atoms with Crippen LogP contribution in [0.3, 0.4) is 0 Å². The van der Waals surface area contributed by atoms with E-state index in [1.807, 2.05) is 36.4 Å². The Morgan fingerprint density at radius 3 is 2.44 bits per heavy atom. The minimum atomic E-state index is -0.608. The number of likely N-dealkylation sites (tertiary alicyclic amines) is 1. The molecule has 1 amide bonds. The number of halogens is 2. The molecule has 4 nitrogen and oxygen atoms in total. The number of rotatable bonds is 7. The van der Waals surface area contributed by atoms with Gasteiger partial charge in [0.25, 0.3) is 0 Å². The summed E-state index contributed by atoms with van der Waals surface area (Å²) in [5.41, 5.74) is 1.03. The van der Waals surface area contributed by atoms with Crippen LogP contribution in [0.25, 0.3) is 0 Å². The van der Waals surface area contributed by atoms with Crippen LogP contribution in [0.15, 0.2) is 42.5 Å². The van der Waals surface area contributed by atoms with Gasteiger partial charge in [-0.3, -0.25) is 9.69 Å². The standard InChI is InChI=1S/C26H32Cl2N2O2/c1-19-10-14-30(15-11-19)16-17-32-22-7-5-21(6-8-22)29-25(31)26(12-2-3-13-26)23-9-4-20(27)18-24(23)28/h4-9,18-19H,2-3,10-17H2,1H3,(H,29,31). The third-order valence-corrected chi connectivity index (χ3v) is 7.55. The summed E-state index contributed by atoms with van der Waals surface area (Å²) in [4.78, 5) is 15.9. The first-order chi connectivity index (χ1) is 15.5. The maximum absolute atomic E-state index is 13.4. The molecule has 0 unspecified atom stereocenters. The highest BCUT2D eigenvalue weighted by Gasteiger charge is 2.44. The van der Waals surface area contributed by atoms with E-state index in [0.717, 1.165) is 68.2 Å². The number of nitrogens with zero attached hydrogens (tertiary/aromatic N) is 1. The first-order valence-corrected chi connectivity index (χ1v) is 12.4. The van der Waals surface area contributed by atoms with Crippen LogP contribution in [0.1, 0.15) is 51.0 Å². The number of amides is 1. The van der Waals surface area contributed by atoms with Gasteiger partial charge in [-0.15, -0.1) is 0 Å². The molecular formula is C26H32Cl2N2O2. The van der Waals surface area contributed by atoms with Crippen LogP contribution in [0.5, 0.6) is 5.75 Å². The van der Waals surface area contributed by atoms with Crippen LogP contribution in [-0.4, -0.2) is 37.0 Å². The van der Waals surface area contributed by atoms with Crippen molar-refractivity contribution in [2.45, 2.75) is 50.9 Å². The van der Waals surface area contributed by atoms with Gasteiger partial charge in [0.1, 0.15) is 12.4 Å². The lowest BCUT2D eigenvalue weighted by atomic mass is 9.78. The Labute approximate surface area is 201 Å². The fourth-order valence-corrected chi connectivity index (χ4v) is 5.53. The second kappa shape index (κ2) is 10.5. The van der Waals surface area contributed by atoms with Gasteiger partial charge in [0.15, 0.2) is 0 Å². The number of carbonyl (C=O) groups excluding carboxylic acids is 1. The lowest BCUT2D eigenvalue weighted by Crippen LogP contribution is -2.38. The summed E-state index contributed by atoms with van der Waals surface area (Å²) >= 11 is 12.6. The average Bonchev–Trinajstić information content (AvgIpc) is 3.27. The lowest BCUT2D eigenvalue weighted by molar-refractivity contribution is -0.121. The number of ether oxygens (including phenoxy) is 1. The van der Waals surface area contributed by atoms with Gasteiger partial charge in [-0.25, -0.2) is 0 Å². The number of piperidine rings is 1. The van der Waals surface area contributed by atoms with Gasteiger partial charge in [0.2, 0.25) is 5.91 Å². The van der Waals surface area contributed by atoms with Crippen LogP contribution >= 0.6 is 23.2 Å². The second-order valence-corrected chi connectivity index (χ2v) is 10.1. The van der Waals surface area contributed by atoms with E-state index in [-0.39, 0.29) is 5.91 Å². The highest BCUT2D eigenvalue weighted by Crippen LogP contribution is 2.45. The van der Waals surface area contributed by atoms with Crippen molar-refractivity contribution in [3.63, 3.8) is 0 Å². The first kappa shape index (κ1) is 23.4. The molecule has 1 heterocycles. The van der Waals surface area contributed by atoms with Gasteiger partial charge in [-0.05, 0) is 86.7 Å². The molecule has 172 valence electrons. The molecule has 4 rings (SSSR count). The predicted octanol–water partition coefficient (Wildman–Crippen LogP) is 6.55. The maximum Gasteiger partial charge on any atom is 0.235 e. The number of hydrogen-bond acceptors (Lipinski definition) is 3. The zero-order valence-electron chi connectivity index (χ0n) is 18.7. The number of carbonyl (C=O) groups is 1. The molecule has 2 aromatic carbocycles. The Kier molecular flexibility index (Phi) is 7.65. The summed E-state index contributed by atoms with van der Waals surface area (Å²) < 4.78 is 5.93. The third-order valence-electron chi connectivity index (χ3n) is 7.00. The molecule has 0 atom stereocenters. The predicted molar refractivity (Wildman–Crippen MR) is 132 cm³/mol. The van der Waals surface area contributed by atoms with Crippen LogP contribution in [0, 0.1) is 5.92 Å². The van der Waals surface area contributed by atoms with Crippen LogP contribution in [0.2, 0.25) is 10.0 Å². The molecule has 0 spiro atoms. The summed E-state index contributed by atoms with van der Waals surface area (Å²) in [5, 5.41) is 4.25. The van der Waals surface area contributed by atoms with E-state index in [2.05, 4.69) is 17.1 Å². The van der Waals surface area contributed by atoms with Gasteiger partial charge in [0.05, 0.1) is 5.41 Å². The summed E-state index contributed by atoms with van der Waals surface area (Å²) in [6.07, 6.45) is 6.14. The second-order valence-electron chi connectivity index (χ2n) is 9.26. The minimum absolute atomic E-state index is 0.00721. The van der Waals surface area contributed by atoms with E-state index >= 15 is 0 Å². The molecule has 2 aromatic rings. The molecule has 2 aliphatic rings. The first-order valence-electron chi connectivity index (χ1n) is 11.7. The summed E-state index contributed by atoms with van der Waals surface area (Å²) in [6.45, 7) is 6.28. The fraction of sp³-hybridized carbons (Fsp3) is 0.500. The van der Waals surface area contributed by atoms with Crippen molar-refractivity contribution >= 4 is 34.8 Å². The number of nitrogens with one attached hydrogen (secondary N) is 1. The number of hydrogen-bond donors (Lipinski definition) is 1. The Hall–Kier alpha value is -1.75. The molecule has 32 heavy (non-hydrogen) atoms. The number of anilines is 1. The average molecular weight is 475 g/mol. The van der Waals surface area contributed by atoms with Crippen LogP contribution < -0.4 is 10.1 Å². The van der Waals surface area contributed by atoms with Crippen molar-refractivity contribution in [3.05, 3.63) is 58.1 Å². The van der Waals surface area contributed by atoms with Gasteiger partial charge >= 0.3 is 0 Å². The minimum Gasteiger partial charge on any atom is -0.492 e. The van der Waals surface area contributed by atoms with Crippen LogP contribution in [0.4, 0.5) is 5.69 Å². The summed E-state index contributed by atoms with van der Waals surface area (Å²) in [5.74, 6) is 1.66. The molecule has 1 aliphatic heterocycles. The van der Waals surface area contributed by atoms with E-state index in [9.17, 15) is 4.79 Å². The van der Waals surface area contributed by atoms with E-state index in [1.165, 1.54) is 12.8 Å². The summed E-state index contributed by atoms with van der Waals surface area (Å²) in [6, 6.07) is 13.1. The Balaban J connectivity index is 1.35. The van der Waals surface area contributed by atoms with Gasteiger partial charge in [-0.1, -0.05) is 49.0 Å². The molecule has 1 N–H and O–H groups in total. The van der Waals surface area contributed by atoms with E-state index < -0.39 is 5.41 Å². The Morgan fingerprint density at radius 2 is 1.78 bits per heavy atom. The highest BCUT2D eigenvalue weighted by atomic mass is 35.5. The van der Waals surface area contributed by atoms with Crippen molar-refractivity contribution in [2.75, 3.05) is 31.6 Å². The molecule has 2 fully saturated rings. The molecule has 0 bridgehead atoms. The van der Waals surface area contributed by atoms with Gasteiger partial charge < -0.3 is 10.1 Å². The molecule has 0 radical (unpaired) electrons. The van der Waals surface area contributed by atoms with Gasteiger partial charge in [-0.2, -0.15) is 0 Å². The van der Waals surface area contributed by atoms with Gasteiger partial charge in [0, 0.05) is 22.3 Å². The third kappa shape index (κ3) is 5.41. The topological polar surface area (TPSA) is 41.6 Å². The smallest absolute Gasteiger partial charge is 0.235 e. The van der Waals surface area contributed by atoms with E-state index in [0.29, 0.717) is 16.7 Å². The van der Waals surface area contributed by atoms with E-state index in [1.54, 1.807) is 6.07 Å².